The highest BCUT2D eigenvalue weighted by atomic mass is 19.4. The molecule has 2 aliphatic rings. The van der Waals surface area contributed by atoms with Gasteiger partial charge in [0.1, 0.15) is 0 Å². The smallest absolute Gasteiger partial charge is 0.382 e. The molecule has 2 heterocycles. The summed E-state index contributed by atoms with van der Waals surface area (Å²) in [4.78, 5) is 4.35. The van der Waals surface area contributed by atoms with Gasteiger partial charge in [0.25, 0.3) is 0 Å². The summed E-state index contributed by atoms with van der Waals surface area (Å²) >= 11 is 0. The summed E-state index contributed by atoms with van der Waals surface area (Å²) in [6.45, 7) is 0.511. The molecule has 0 radical (unpaired) electrons. The third kappa shape index (κ3) is 1.50. The van der Waals surface area contributed by atoms with E-state index < -0.39 is 18.2 Å². The predicted octanol–water partition coefficient (Wildman–Crippen LogP) is 1.34. The maximum atomic E-state index is 12.3. The molecule has 0 N–H and O–H groups in total. The van der Waals surface area contributed by atoms with Gasteiger partial charge in [0.2, 0.25) is 6.10 Å². The van der Waals surface area contributed by atoms with Crippen LogP contribution in [0.1, 0.15) is 6.42 Å². The molecule has 2 rings (SSSR count). The number of alkyl halides is 3. The Hall–Kier alpha value is -0.780. The zero-order valence-corrected chi connectivity index (χ0v) is 6.67. The third-order valence-corrected chi connectivity index (χ3v) is 2.22. The number of hydrogen-bond acceptors (Lipinski definition) is 3. The fourth-order valence-corrected chi connectivity index (χ4v) is 1.57. The normalized spacial score (nSPS) is 33.6. The minimum Gasteiger partial charge on any atom is -0.382 e. The second-order valence-corrected chi connectivity index (χ2v) is 3.10. The van der Waals surface area contributed by atoms with E-state index in [2.05, 4.69) is 9.99 Å². The Morgan fingerprint density at radius 2 is 2.15 bits per heavy atom. The SMILES string of the molecule is FC(F)(F)C1ON=C2COCCC21. The molecule has 2 atom stereocenters. The van der Waals surface area contributed by atoms with E-state index in [4.69, 9.17) is 4.74 Å². The van der Waals surface area contributed by atoms with Crippen molar-refractivity contribution in [2.45, 2.75) is 18.7 Å². The molecular weight excluding hydrogens is 187 g/mol. The van der Waals surface area contributed by atoms with Gasteiger partial charge in [-0.2, -0.15) is 13.2 Å². The second kappa shape index (κ2) is 2.87. The highest BCUT2D eigenvalue weighted by Crippen LogP contribution is 2.36. The van der Waals surface area contributed by atoms with Gasteiger partial charge in [0.05, 0.1) is 18.2 Å². The van der Waals surface area contributed by atoms with Crippen LogP contribution in [-0.4, -0.2) is 31.2 Å². The van der Waals surface area contributed by atoms with Gasteiger partial charge in [-0.15, -0.1) is 0 Å². The van der Waals surface area contributed by atoms with Crippen molar-refractivity contribution in [3.05, 3.63) is 0 Å². The molecule has 0 bridgehead atoms. The Morgan fingerprint density at radius 1 is 1.38 bits per heavy atom. The van der Waals surface area contributed by atoms with Gasteiger partial charge < -0.3 is 9.57 Å². The van der Waals surface area contributed by atoms with Crippen LogP contribution in [0.15, 0.2) is 5.16 Å². The molecule has 3 nitrogen and oxygen atoms in total. The summed E-state index contributed by atoms with van der Waals surface area (Å²) in [6, 6.07) is 0. The number of oxime groups is 1. The number of fused-ring (bicyclic) bond motifs is 1. The van der Waals surface area contributed by atoms with Crippen molar-refractivity contribution in [3.63, 3.8) is 0 Å². The Labute approximate surface area is 72.5 Å². The van der Waals surface area contributed by atoms with Gasteiger partial charge in [-0.3, -0.25) is 0 Å². The molecule has 2 aliphatic heterocycles. The van der Waals surface area contributed by atoms with Crippen LogP contribution in [0.2, 0.25) is 0 Å². The molecule has 0 amide bonds. The molecule has 1 saturated heterocycles. The quantitative estimate of drug-likeness (QED) is 0.584. The van der Waals surface area contributed by atoms with Crippen LogP contribution in [0.25, 0.3) is 0 Å². The van der Waals surface area contributed by atoms with Crippen LogP contribution < -0.4 is 0 Å². The van der Waals surface area contributed by atoms with E-state index in [1.54, 1.807) is 0 Å². The van der Waals surface area contributed by atoms with E-state index in [9.17, 15) is 13.2 Å². The Kier molecular flexibility index (Phi) is 1.94. The van der Waals surface area contributed by atoms with Crippen molar-refractivity contribution in [1.82, 2.24) is 0 Å². The van der Waals surface area contributed by atoms with Gasteiger partial charge in [0.15, 0.2) is 0 Å². The van der Waals surface area contributed by atoms with Crippen molar-refractivity contribution in [3.8, 4) is 0 Å². The van der Waals surface area contributed by atoms with E-state index in [-0.39, 0.29) is 6.61 Å². The van der Waals surface area contributed by atoms with E-state index in [1.807, 2.05) is 0 Å². The molecule has 74 valence electrons. The molecular formula is C7H8F3NO2. The molecule has 6 heteroatoms. The first-order chi connectivity index (χ1) is 6.09. The summed E-state index contributed by atoms with van der Waals surface area (Å²) in [5.41, 5.74) is 0.383. The minimum absolute atomic E-state index is 0.164. The zero-order chi connectivity index (χ0) is 9.47. The second-order valence-electron chi connectivity index (χ2n) is 3.10. The van der Waals surface area contributed by atoms with Crippen molar-refractivity contribution in [2.24, 2.45) is 11.1 Å². The van der Waals surface area contributed by atoms with Gasteiger partial charge in [-0.05, 0) is 6.42 Å². The summed E-state index contributed by atoms with van der Waals surface area (Å²) in [5, 5.41) is 3.38. The lowest BCUT2D eigenvalue weighted by Gasteiger charge is -2.23. The van der Waals surface area contributed by atoms with E-state index in [0.29, 0.717) is 18.7 Å². The first kappa shape index (κ1) is 8.80. The summed E-state index contributed by atoms with van der Waals surface area (Å²) < 4.78 is 41.8. The molecule has 0 aromatic rings. The number of halogens is 3. The van der Waals surface area contributed by atoms with E-state index in [0.717, 1.165) is 0 Å². The van der Waals surface area contributed by atoms with Crippen LogP contribution in [0.3, 0.4) is 0 Å². The van der Waals surface area contributed by atoms with E-state index >= 15 is 0 Å². The van der Waals surface area contributed by atoms with Crippen LogP contribution in [0.4, 0.5) is 13.2 Å². The van der Waals surface area contributed by atoms with Crippen molar-refractivity contribution >= 4 is 5.71 Å². The van der Waals surface area contributed by atoms with Gasteiger partial charge in [0, 0.05) is 6.61 Å². The lowest BCUT2D eigenvalue weighted by molar-refractivity contribution is -0.223. The van der Waals surface area contributed by atoms with Crippen LogP contribution in [-0.2, 0) is 9.57 Å². The molecule has 1 fully saturated rings. The molecule has 0 saturated carbocycles. The van der Waals surface area contributed by atoms with Crippen molar-refractivity contribution in [2.75, 3.05) is 13.2 Å². The molecule has 0 aromatic heterocycles. The minimum atomic E-state index is -4.33. The molecule has 0 aliphatic carbocycles. The summed E-state index contributed by atoms with van der Waals surface area (Å²) in [6.07, 6.45) is -5.75. The maximum Gasteiger partial charge on any atom is 0.428 e. The number of hydrogen-bond donors (Lipinski definition) is 0. The number of rotatable bonds is 0. The van der Waals surface area contributed by atoms with Crippen LogP contribution in [0, 0.1) is 5.92 Å². The summed E-state index contributed by atoms with van der Waals surface area (Å²) in [7, 11) is 0. The largest absolute Gasteiger partial charge is 0.428 e. The molecule has 2 unspecified atom stereocenters. The van der Waals surface area contributed by atoms with Crippen molar-refractivity contribution < 1.29 is 22.7 Å². The lowest BCUT2D eigenvalue weighted by atomic mass is 9.92. The van der Waals surface area contributed by atoms with Gasteiger partial charge in [-0.1, -0.05) is 5.16 Å². The molecule has 13 heavy (non-hydrogen) atoms. The topological polar surface area (TPSA) is 30.8 Å². The standard InChI is InChI=1S/C7H8F3NO2/c8-7(9,10)6-4-1-2-12-3-5(4)11-13-6/h4,6H,1-3H2. The fraction of sp³-hybridized carbons (Fsp3) is 0.857. The molecule has 0 aromatic carbocycles. The number of ether oxygens (including phenoxy) is 1. The Balaban J connectivity index is 2.11. The van der Waals surface area contributed by atoms with E-state index in [1.165, 1.54) is 0 Å². The lowest BCUT2D eigenvalue weighted by Crippen LogP contribution is -2.40. The van der Waals surface area contributed by atoms with Crippen LogP contribution >= 0.6 is 0 Å². The zero-order valence-electron chi connectivity index (χ0n) is 6.67. The fourth-order valence-electron chi connectivity index (χ4n) is 1.57. The highest BCUT2D eigenvalue weighted by molar-refractivity contribution is 5.89. The highest BCUT2D eigenvalue weighted by Gasteiger charge is 2.52. The van der Waals surface area contributed by atoms with Gasteiger partial charge >= 0.3 is 6.18 Å². The number of nitrogens with zero attached hydrogens (tertiary/aromatic N) is 1. The monoisotopic (exact) mass is 195 g/mol. The predicted molar refractivity (Wildman–Crippen MR) is 37.3 cm³/mol. The average molecular weight is 195 g/mol. The first-order valence-corrected chi connectivity index (χ1v) is 3.96. The van der Waals surface area contributed by atoms with Crippen LogP contribution in [0.5, 0.6) is 0 Å². The average Bonchev–Trinajstić information content (AvgIpc) is 2.45. The summed E-state index contributed by atoms with van der Waals surface area (Å²) in [5.74, 6) is -0.631. The first-order valence-electron chi connectivity index (χ1n) is 3.96. The van der Waals surface area contributed by atoms with Gasteiger partial charge in [-0.25, -0.2) is 0 Å². The molecule has 0 spiro atoms. The Bertz CT molecular complexity index is 238. The third-order valence-electron chi connectivity index (χ3n) is 2.22. The van der Waals surface area contributed by atoms with Crippen molar-refractivity contribution in [1.29, 1.82) is 0 Å². The Morgan fingerprint density at radius 3 is 2.85 bits per heavy atom. The maximum absolute atomic E-state index is 12.3.